The van der Waals surface area contributed by atoms with Crippen LogP contribution in [0.3, 0.4) is 0 Å². The Kier molecular flexibility index (Phi) is 7.44. The smallest absolute Gasteiger partial charge is 0.0377 e. The molecule has 2 fully saturated rings. The maximum Gasteiger partial charge on any atom is 0.0377 e. The summed E-state index contributed by atoms with van der Waals surface area (Å²) in [6, 6.07) is 17.0. The molecule has 1 atom stereocenters. The molecular formula is C24H32Cl2N2. The summed E-state index contributed by atoms with van der Waals surface area (Å²) < 4.78 is 0. The van der Waals surface area contributed by atoms with Crippen molar-refractivity contribution >= 4 is 24.8 Å². The fourth-order valence-electron chi connectivity index (χ4n) is 5.54. The maximum atomic E-state index is 3.54. The predicted molar refractivity (Wildman–Crippen MR) is 123 cm³/mol. The Hall–Kier alpha value is -1.06. The zero-order chi connectivity index (χ0) is 17.3. The van der Waals surface area contributed by atoms with Crippen molar-refractivity contribution in [3.63, 3.8) is 0 Å². The third-order valence-electron chi connectivity index (χ3n) is 6.80. The van der Waals surface area contributed by atoms with Gasteiger partial charge in [0.15, 0.2) is 0 Å². The number of hydrogen-bond donors (Lipinski definition) is 1. The minimum absolute atomic E-state index is 0. The Morgan fingerprint density at radius 2 is 1.54 bits per heavy atom. The van der Waals surface area contributed by atoms with Gasteiger partial charge in [-0.1, -0.05) is 61.7 Å². The van der Waals surface area contributed by atoms with E-state index in [2.05, 4.69) is 52.7 Å². The van der Waals surface area contributed by atoms with E-state index in [4.69, 9.17) is 0 Å². The fourth-order valence-corrected chi connectivity index (χ4v) is 5.54. The normalized spacial score (nSPS) is 20.4. The molecule has 28 heavy (non-hydrogen) atoms. The van der Waals surface area contributed by atoms with Crippen LogP contribution < -0.4 is 5.32 Å². The molecule has 2 aromatic rings. The van der Waals surface area contributed by atoms with E-state index in [0.717, 1.165) is 25.4 Å². The molecule has 5 rings (SSSR count). The largest absolute Gasteiger partial charge is 0.314 e. The van der Waals surface area contributed by atoms with Gasteiger partial charge in [0.1, 0.15) is 0 Å². The topological polar surface area (TPSA) is 15.3 Å². The average molecular weight is 419 g/mol. The Labute approximate surface area is 181 Å². The highest BCUT2D eigenvalue weighted by Crippen LogP contribution is 2.42. The first-order valence-electron chi connectivity index (χ1n) is 10.6. The minimum atomic E-state index is 0. The van der Waals surface area contributed by atoms with Crippen LogP contribution in [0.15, 0.2) is 42.5 Å². The van der Waals surface area contributed by atoms with E-state index in [-0.39, 0.29) is 24.8 Å². The van der Waals surface area contributed by atoms with Crippen molar-refractivity contribution in [2.45, 2.75) is 44.6 Å². The van der Waals surface area contributed by atoms with Crippen LogP contribution in [0, 0.1) is 5.92 Å². The number of hydrogen-bond acceptors (Lipinski definition) is 2. The molecule has 0 unspecified atom stereocenters. The van der Waals surface area contributed by atoms with Crippen LogP contribution in [0.5, 0.6) is 0 Å². The molecule has 2 aliphatic carbocycles. The summed E-state index contributed by atoms with van der Waals surface area (Å²) >= 11 is 0. The molecule has 1 aliphatic heterocycles. The number of nitrogens with zero attached hydrogens (tertiary/aromatic N) is 1. The van der Waals surface area contributed by atoms with E-state index in [9.17, 15) is 0 Å². The minimum Gasteiger partial charge on any atom is -0.314 e. The predicted octanol–water partition coefficient (Wildman–Crippen LogP) is 5.63. The Morgan fingerprint density at radius 3 is 2.32 bits per heavy atom. The third-order valence-corrected chi connectivity index (χ3v) is 6.80. The highest BCUT2D eigenvalue weighted by atomic mass is 35.5. The molecule has 2 aromatic carbocycles. The molecule has 3 aliphatic rings. The van der Waals surface area contributed by atoms with Crippen LogP contribution in [0.25, 0.3) is 11.1 Å². The SMILES string of the molecule is Cl.Cl.c1ccc2c(c1)Cc1cc([C@H](C3CCCCC3)N3CCNCC3)ccc1-2. The summed E-state index contributed by atoms with van der Waals surface area (Å²) in [5.74, 6) is 0.837. The number of benzene rings is 2. The molecule has 1 heterocycles. The summed E-state index contributed by atoms with van der Waals surface area (Å²) in [4.78, 5) is 2.77. The van der Waals surface area contributed by atoms with Crippen molar-refractivity contribution in [3.8, 4) is 11.1 Å². The van der Waals surface area contributed by atoms with Crippen LogP contribution in [0.4, 0.5) is 0 Å². The molecule has 1 saturated carbocycles. The lowest BCUT2D eigenvalue weighted by molar-refractivity contribution is 0.103. The first kappa shape index (κ1) is 21.6. The van der Waals surface area contributed by atoms with Crippen LogP contribution in [0.1, 0.15) is 54.8 Å². The Balaban J connectivity index is 0.00000112. The van der Waals surface area contributed by atoms with Gasteiger partial charge in [0, 0.05) is 32.2 Å². The van der Waals surface area contributed by atoms with E-state index in [1.807, 2.05) is 0 Å². The average Bonchev–Trinajstić information content (AvgIpc) is 3.08. The molecule has 1 N–H and O–H groups in total. The van der Waals surface area contributed by atoms with Gasteiger partial charge in [0.2, 0.25) is 0 Å². The van der Waals surface area contributed by atoms with Gasteiger partial charge in [0.05, 0.1) is 0 Å². The van der Waals surface area contributed by atoms with Crippen molar-refractivity contribution < 1.29 is 0 Å². The molecule has 0 aromatic heterocycles. The number of rotatable bonds is 3. The summed E-state index contributed by atoms with van der Waals surface area (Å²) in [7, 11) is 0. The second-order valence-electron chi connectivity index (χ2n) is 8.38. The van der Waals surface area contributed by atoms with E-state index < -0.39 is 0 Å². The highest BCUT2D eigenvalue weighted by Gasteiger charge is 2.31. The highest BCUT2D eigenvalue weighted by molar-refractivity contribution is 5.85. The molecule has 0 spiro atoms. The lowest BCUT2D eigenvalue weighted by Crippen LogP contribution is -2.47. The Bertz CT molecular complexity index is 762. The van der Waals surface area contributed by atoms with E-state index in [1.165, 1.54) is 61.9 Å². The lowest BCUT2D eigenvalue weighted by Gasteiger charge is -2.41. The molecule has 2 nitrogen and oxygen atoms in total. The van der Waals surface area contributed by atoms with Crippen molar-refractivity contribution in [1.82, 2.24) is 10.2 Å². The van der Waals surface area contributed by atoms with Crippen molar-refractivity contribution in [3.05, 3.63) is 59.2 Å². The number of halogens is 2. The second kappa shape index (κ2) is 9.63. The zero-order valence-corrected chi connectivity index (χ0v) is 18.2. The van der Waals surface area contributed by atoms with Gasteiger partial charge >= 0.3 is 0 Å². The standard InChI is InChI=1S/C24H30N2.2ClH/c1-2-6-18(7-3-1)24(26-14-12-25-13-15-26)20-10-11-23-21(17-20)16-19-8-4-5-9-22(19)23;;/h4-5,8-11,17-18,24-25H,1-3,6-7,12-16H2;2*1H/t24-;;/m0../s1. The Morgan fingerprint density at radius 1 is 0.821 bits per heavy atom. The van der Waals surface area contributed by atoms with Crippen molar-refractivity contribution in [1.29, 1.82) is 0 Å². The lowest BCUT2D eigenvalue weighted by atomic mass is 9.79. The molecule has 0 bridgehead atoms. The molecule has 152 valence electrons. The number of nitrogens with one attached hydrogen (secondary N) is 1. The first-order chi connectivity index (χ1) is 12.9. The molecule has 0 amide bonds. The quantitative estimate of drug-likeness (QED) is 0.592. The van der Waals surface area contributed by atoms with Crippen molar-refractivity contribution in [2.75, 3.05) is 26.2 Å². The molecule has 0 radical (unpaired) electrons. The number of piperazine rings is 1. The van der Waals surface area contributed by atoms with Crippen LogP contribution in [-0.2, 0) is 6.42 Å². The van der Waals surface area contributed by atoms with Gasteiger partial charge in [-0.25, -0.2) is 0 Å². The molecule has 1 saturated heterocycles. The van der Waals surface area contributed by atoms with Crippen LogP contribution in [-0.4, -0.2) is 31.1 Å². The van der Waals surface area contributed by atoms with Crippen LogP contribution >= 0.6 is 24.8 Å². The second-order valence-corrected chi connectivity index (χ2v) is 8.38. The summed E-state index contributed by atoms with van der Waals surface area (Å²) in [6.07, 6.45) is 8.20. The molecular weight excluding hydrogens is 387 g/mol. The molecule has 4 heteroatoms. The summed E-state index contributed by atoms with van der Waals surface area (Å²) in [5, 5.41) is 3.54. The van der Waals surface area contributed by atoms with Crippen LogP contribution in [0.2, 0.25) is 0 Å². The first-order valence-corrected chi connectivity index (χ1v) is 10.6. The third kappa shape index (κ3) is 4.11. The van der Waals surface area contributed by atoms with Gasteiger partial charge in [-0.3, -0.25) is 4.90 Å². The van der Waals surface area contributed by atoms with E-state index in [1.54, 1.807) is 11.1 Å². The van der Waals surface area contributed by atoms with E-state index >= 15 is 0 Å². The van der Waals surface area contributed by atoms with Gasteiger partial charge in [0.25, 0.3) is 0 Å². The van der Waals surface area contributed by atoms with Gasteiger partial charge in [-0.05, 0) is 53.0 Å². The van der Waals surface area contributed by atoms with Gasteiger partial charge in [-0.15, -0.1) is 24.8 Å². The number of fused-ring (bicyclic) bond motifs is 3. The van der Waals surface area contributed by atoms with Gasteiger partial charge < -0.3 is 5.32 Å². The van der Waals surface area contributed by atoms with Crippen molar-refractivity contribution in [2.24, 2.45) is 5.92 Å². The van der Waals surface area contributed by atoms with E-state index in [0.29, 0.717) is 6.04 Å². The van der Waals surface area contributed by atoms with Gasteiger partial charge in [-0.2, -0.15) is 0 Å². The fraction of sp³-hybridized carbons (Fsp3) is 0.500. The summed E-state index contributed by atoms with van der Waals surface area (Å²) in [5.41, 5.74) is 7.53. The monoisotopic (exact) mass is 418 g/mol. The zero-order valence-electron chi connectivity index (χ0n) is 16.5. The summed E-state index contributed by atoms with van der Waals surface area (Å²) in [6.45, 7) is 4.66. The maximum absolute atomic E-state index is 3.54.